The SMILES string of the molecule is CCCN(CC(=O)Nc1cc(-c2ccccc2)nn1-c1ccc(F)cc1)C(=O)Nc1ccc(F)c(Cl)c1. The zero-order valence-corrected chi connectivity index (χ0v) is 20.7. The fourth-order valence-corrected chi connectivity index (χ4v) is 3.83. The molecule has 0 aliphatic heterocycles. The third-order valence-electron chi connectivity index (χ3n) is 5.40. The average Bonchev–Trinajstić information content (AvgIpc) is 3.30. The van der Waals surface area contributed by atoms with Gasteiger partial charge in [0.15, 0.2) is 0 Å². The van der Waals surface area contributed by atoms with Gasteiger partial charge < -0.3 is 15.5 Å². The Morgan fingerprint density at radius 1 is 0.973 bits per heavy atom. The quantitative estimate of drug-likeness (QED) is 0.282. The largest absolute Gasteiger partial charge is 0.322 e. The zero-order valence-electron chi connectivity index (χ0n) is 19.9. The summed E-state index contributed by atoms with van der Waals surface area (Å²) < 4.78 is 28.5. The minimum absolute atomic E-state index is 0.124. The number of benzene rings is 3. The maximum Gasteiger partial charge on any atom is 0.322 e. The van der Waals surface area contributed by atoms with E-state index in [4.69, 9.17) is 11.6 Å². The van der Waals surface area contributed by atoms with Gasteiger partial charge in [0.25, 0.3) is 0 Å². The highest BCUT2D eigenvalue weighted by Crippen LogP contribution is 2.25. The second kappa shape index (κ2) is 11.7. The molecular formula is C27H24ClF2N5O2. The predicted octanol–water partition coefficient (Wildman–Crippen LogP) is 6.35. The number of anilines is 2. The summed E-state index contributed by atoms with van der Waals surface area (Å²) in [6.07, 6.45) is 0.608. The first-order valence-corrected chi connectivity index (χ1v) is 11.9. The Morgan fingerprint density at radius 3 is 2.38 bits per heavy atom. The number of nitrogens with one attached hydrogen (secondary N) is 2. The van der Waals surface area contributed by atoms with Gasteiger partial charge in [0.1, 0.15) is 24.0 Å². The van der Waals surface area contributed by atoms with Crippen molar-refractivity contribution in [3.05, 3.63) is 95.5 Å². The fraction of sp³-hybridized carbons (Fsp3) is 0.148. The monoisotopic (exact) mass is 523 g/mol. The van der Waals surface area contributed by atoms with Crippen molar-refractivity contribution in [1.82, 2.24) is 14.7 Å². The van der Waals surface area contributed by atoms with Crippen LogP contribution in [0, 0.1) is 11.6 Å². The lowest BCUT2D eigenvalue weighted by molar-refractivity contribution is -0.116. The second-order valence-electron chi connectivity index (χ2n) is 8.20. The number of nitrogens with zero attached hydrogens (tertiary/aromatic N) is 3. The van der Waals surface area contributed by atoms with Crippen molar-refractivity contribution in [3.63, 3.8) is 0 Å². The normalized spacial score (nSPS) is 10.7. The number of hydrogen-bond donors (Lipinski definition) is 2. The lowest BCUT2D eigenvalue weighted by Crippen LogP contribution is -2.41. The van der Waals surface area contributed by atoms with E-state index in [1.54, 1.807) is 18.2 Å². The molecule has 4 aromatic rings. The van der Waals surface area contributed by atoms with Crippen LogP contribution in [0.5, 0.6) is 0 Å². The highest BCUT2D eigenvalue weighted by Gasteiger charge is 2.20. The number of carbonyl (C=O) groups is 2. The molecule has 190 valence electrons. The number of hydrogen-bond acceptors (Lipinski definition) is 3. The summed E-state index contributed by atoms with van der Waals surface area (Å²) in [5, 5.41) is 9.92. The average molecular weight is 524 g/mol. The summed E-state index contributed by atoms with van der Waals surface area (Å²) in [4.78, 5) is 27.2. The molecule has 0 bridgehead atoms. The summed E-state index contributed by atoms with van der Waals surface area (Å²) in [6, 6.07) is 20.1. The molecule has 0 fully saturated rings. The van der Waals surface area contributed by atoms with Crippen LogP contribution < -0.4 is 10.6 Å². The summed E-state index contributed by atoms with van der Waals surface area (Å²) in [5.74, 6) is -1.09. The molecule has 0 atom stereocenters. The van der Waals surface area contributed by atoms with Gasteiger partial charge >= 0.3 is 6.03 Å². The summed E-state index contributed by atoms with van der Waals surface area (Å²) in [5.41, 5.74) is 2.30. The second-order valence-corrected chi connectivity index (χ2v) is 8.61. The summed E-state index contributed by atoms with van der Waals surface area (Å²) in [6.45, 7) is 1.94. The summed E-state index contributed by atoms with van der Waals surface area (Å²) >= 11 is 5.80. The Morgan fingerprint density at radius 2 is 1.70 bits per heavy atom. The van der Waals surface area contributed by atoms with Crippen LogP contribution in [0.2, 0.25) is 5.02 Å². The van der Waals surface area contributed by atoms with E-state index in [2.05, 4.69) is 15.7 Å². The number of rotatable bonds is 8. The topological polar surface area (TPSA) is 79.3 Å². The van der Waals surface area contributed by atoms with E-state index in [0.29, 0.717) is 35.9 Å². The van der Waals surface area contributed by atoms with Gasteiger partial charge in [-0.15, -0.1) is 0 Å². The minimum atomic E-state index is -0.600. The first-order valence-electron chi connectivity index (χ1n) is 11.6. The number of amides is 3. The Hall–Kier alpha value is -4.24. The third kappa shape index (κ3) is 6.50. The van der Waals surface area contributed by atoms with Gasteiger partial charge in [0.05, 0.1) is 16.4 Å². The molecule has 37 heavy (non-hydrogen) atoms. The van der Waals surface area contributed by atoms with E-state index in [1.165, 1.54) is 33.8 Å². The Labute approximate surface area is 217 Å². The number of urea groups is 1. The van der Waals surface area contributed by atoms with Crippen LogP contribution in [-0.2, 0) is 4.79 Å². The van der Waals surface area contributed by atoms with Gasteiger partial charge in [-0.3, -0.25) is 4.79 Å². The molecule has 0 saturated heterocycles. The van der Waals surface area contributed by atoms with Crippen LogP contribution in [0.1, 0.15) is 13.3 Å². The van der Waals surface area contributed by atoms with Crippen molar-refractivity contribution >= 4 is 35.0 Å². The van der Waals surface area contributed by atoms with Crippen LogP contribution in [0.3, 0.4) is 0 Å². The van der Waals surface area contributed by atoms with Crippen molar-refractivity contribution in [3.8, 4) is 16.9 Å². The van der Waals surface area contributed by atoms with E-state index in [1.807, 2.05) is 37.3 Å². The van der Waals surface area contributed by atoms with E-state index in [9.17, 15) is 18.4 Å². The number of aromatic nitrogens is 2. The van der Waals surface area contributed by atoms with Gasteiger partial charge in [0, 0.05) is 23.9 Å². The van der Waals surface area contributed by atoms with Gasteiger partial charge in [-0.1, -0.05) is 48.9 Å². The van der Waals surface area contributed by atoms with Crippen LogP contribution in [0.15, 0.2) is 78.9 Å². The molecule has 1 aromatic heterocycles. The van der Waals surface area contributed by atoms with Gasteiger partial charge in [0.2, 0.25) is 5.91 Å². The molecule has 0 aliphatic rings. The van der Waals surface area contributed by atoms with Crippen molar-refractivity contribution in [2.75, 3.05) is 23.7 Å². The molecule has 0 radical (unpaired) electrons. The van der Waals surface area contributed by atoms with Gasteiger partial charge in [-0.05, 0) is 48.9 Å². The molecule has 10 heteroatoms. The Balaban J connectivity index is 1.54. The lowest BCUT2D eigenvalue weighted by Gasteiger charge is -2.22. The maximum absolute atomic E-state index is 13.5. The molecule has 0 spiro atoms. The predicted molar refractivity (Wildman–Crippen MR) is 140 cm³/mol. The first kappa shape index (κ1) is 25.8. The highest BCUT2D eigenvalue weighted by atomic mass is 35.5. The van der Waals surface area contributed by atoms with Crippen LogP contribution >= 0.6 is 11.6 Å². The van der Waals surface area contributed by atoms with Crippen LogP contribution in [0.25, 0.3) is 16.9 Å². The van der Waals surface area contributed by atoms with Crippen molar-refractivity contribution in [1.29, 1.82) is 0 Å². The van der Waals surface area contributed by atoms with E-state index < -0.39 is 23.6 Å². The Kier molecular flexibility index (Phi) is 8.15. The van der Waals surface area contributed by atoms with Crippen molar-refractivity contribution in [2.45, 2.75) is 13.3 Å². The maximum atomic E-state index is 13.5. The zero-order chi connectivity index (χ0) is 26.4. The van der Waals surface area contributed by atoms with Crippen LogP contribution in [-0.4, -0.2) is 39.7 Å². The lowest BCUT2D eigenvalue weighted by atomic mass is 10.1. The van der Waals surface area contributed by atoms with Gasteiger partial charge in [-0.2, -0.15) is 5.10 Å². The van der Waals surface area contributed by atoms with Gasteiger partial charge in [-0.25, -0.2) is 18.3 Å². The number of carbonyl (C=O) groups excluding carboxylic acids is 2. The molecule has 7 nitrogen and oxygen atoms in total. The molecule has 4 rings (SSSR count). The van der Waals surface area contributed by atoms with E-state index in [0.717, 1.165) is 11.6 Å². The molecule has 0 aliphatic carbocycles. The molecule has 0 unspecified atom stereocenters. The Bertz CT molecular complexity index is 1390. The van der Waals surface area contributed by atoms with Crippen LogP contribution in [0.4, 0.5) is 25.1 Å². The molecule has 3 aromatic carbocycles. The first-order chi connectivity index (χ1) is 17.8. The molecule has 2 N–H and O–H groups in total. The highest BCUT2D eigenvalue weighted by molar-refractivity contribution is 6.31. The van der Waals surface area contributed by atoms with Crippen molar-refractivity contribution in [2.24, 2.45) is 0 Å². The number of halogens is 3. The molecular weight excluding hydrogens is 500 g/mol. The summed E-state index contributed by atoms with van der Waals surface area (Å²) in [7, 11) is 0. The van der Waals surface area contributed by atoms with Crippen molar-refractivity contribution < 1.29 is 18.4 Å². The standard InChI is InChI=1S/C27H24ClF2N5O2/c1-2-14-34(27(37)31-20-10-13-23(30)22(28)15-20)17-26(36)32-25-16-24(18-6-4-3-5-7-18)33-35(25)21-11-8-19(29)9-12-21/h3-13,15-16H,2,14,17H2,1H3,(H,31,37)(H,32,36). The minimum Gasteiger partial charge on any atom is -0.315 e. The molecule has 3 amide bonds. The molecule has 1 heterocycles. The third-order valence-corrected chi connectivity index (χ3v) is 5.69. The molecule has 0 saturated carbocycles. The smallest absolute Gasteiger partial charge is 0.315 e. The van der Waals surface area contributed by atoms with E-state index in [-0.39, 0.29) is 11.6 Å². The fourth-order valence-electron chi connectivity index (χ4n) is 3.65. The van der Waals surface area contributed by atoms with E-state index >= 15 is 0 Å².